The van der Waals surface area contributed by atoms with Crippen LogP contribution in [0.3, 0.4) is 0 Å². The lowest BCUT2D eigenvalue weighted by Crippen LogP contribution is -1.97. The number of rotatable bonds is 2. The molecular formula is C14H12ClN5. The van der Waals surface area contributed by atoms with Gasteiger partial charge in [-0.2, -0.15) is 5.10 Å². The fourth-order valence-corrected chi connectivity index (χ4v) is 2.02. The van der Waals surface area contributed by atoms with Crippen molar-refractivity contribution in [2.75, 3.05) is 5.73 Å². The SMILES string of the molecule is Cn1cc(-c2cc(N)nc(-c3ccc(Cl)cc3)n2)cn1. The Bertz CT molecular complexity index is 749. The number of nitrogens with zero attached hydrogens (tertiary/aromatic N) is 4. The maximum Gasteiger partial charge on any atom is 0.162 e. The highest BCUT2D eigenvalue weighted by molar-refractivity contribution is 6.30. The van der Waals surface area contributed by atoms with Gasteiger partial charge in [-0.25, -0.2) is 9.97 Å². The van der Waals surface area contributed by atoms with Crippen molar-refractivity contribution < 1.29 is 0 Å². The third kappa shape index (κ3) is 2.48. The summed E-state index contributed by atoms with van der Waals surface area (Å²) in [4.78, 5) is 8.79. The highest BCUT2D eigenvalue weighted by atomic mass is 35.5. The zero-order chi connectivity index (χ0) is 14.1. The molecule has 0 atom stereocenters. The summed E-state index contributed by atoms with van der Waals surface area (Å²) < 4.78 is 1.72. The van der Waals surface area contributed by atoms with E-state index in [0.29, 0.717) is 16.7 Å². The molecule has 0 saturated carbocycles. The minimum absolute atomic E-state index is 0.420. The predicted molar refractivity (Wildman–Crippen MR) is 79.1 cm³/mol. The summed E-state index contributed by atoms with van der Waals surface area (Å²) in [5.74, 6) is 0.990. The van der Waals surface area contributed by atoms with Gasteiger partial charge in [-0.3, -0.25) is 4.68 Å². The zero-order valence-electron chi connectivity index (χ0n) is 10.8. The van der Waals surface area contributed by atoms with Crippen LogP contribution in [0.15, 0.2) is 42.7 Å². The number of halogens is 1. The summed E-state index contributed by atoms with van der Waals surface area (Å²) in [6.45, 7) is 0. The summed E-state index contributed by atoms with van der Waals surface area (Å²) in [6.07, 6.45) is 3.63. The van der Waals surface area contributed by atoms with E-state index in [1.165, 1.54) is 0 Å². The van der Waals surface area contributed by atoms with E-state index < -0.39 is 0 Å². The summed E-state index contributed by atoms with van der Waals surface area (Å²) in [5, 5.41) is 4.81. The van der Waals surface area contributed by atoms with Gasteiger partial charge in [-0.15, -0.1) is 0 Å². The van der Waals surface area contributed by atoms with Gasteiger partial charge < -0.3 is 5.73 Å². The van der Waals surface area contributed by atoms with Crippen molar-refractivity contribution >= 4 is 17.4 Å². The molecule has 2 aromatic heterocycles. The molecular weight excluding hydrogens is 274 g/mol. The van der Waals surface area contributed by atoms with Crippen LogP contribution in [0.2, 0.25) is 5.02 Å². The standard InChI is InChI=1S/C14H12ClN5/c1-20-8-10(7-17-20)12-6-13(16)19-14(18-12)9-2-4-11(15)5-3-9/h2-8H,1H3,(H2,16,18,19). The molecule has 0 fully saturated rings. The minimum atomic E-state index is 0.420. The predicted octanol–water partition coefficient (Wildman–Crippen LogP) is 2.78. The fourth-order valence-electron chi connectivity index (χ4n) is 1.90. The second kappa shape index (κ2) is 4.94. The van der Waals surface area contributed by atoms with E-state index in [9.17, 15) is 0 Å². The lowest BCUT2D eigenvalue weighted by molar-refractivity contribution is 0.768. The maximum absolute atomic E-state index is 5.88. The Hall–Kier alpha value is -2.40. The van der Waals surface area contributed by atoms with Gasteiger partial charge >= 0.3 is 0 Å². The second-order valence-electron chi connectivity index (χ2n) is 4.41. The van der Waals surface area contributed by atoms with E-state index in [-0.39, 0.29) is 0 Å². The van der Waals surface area contributed by atoms with Crippen LogP contribution in [0.1, 0.15) is 0 Å². The summed E-state index contributed by atoms with van der Waals surface area (Å²) in [6, 6.07) is 9.06. The van der Waals surface area contributed by atoms with Gasteiger partial charge in [0.25, 0.3) is 0 Å². The molecule has 0 saturated heterocycles. The molecule has 20 heavy (non-hydrogen) atoms. The van der Waals surface area contributed by atoms with Crippen LogP contribution < -0.4 is 5.73 Å². The monoisotopic (exact) mass is 285 g/mol. The molecule has 5 nitrogen and oxygen atoms in total. The Balaban J connectivity index is 2.09. The number of benzene rings is 1. The number of hydrogen-bond acceptors (Lipinski definition) is 4. The average molecular weight is 286 g/mol. The molecule has 100 valence electrons. The Morgan fingerprint density at radius 3 is 2.50 bits per heavy atom. The maximum atomic E-state index is 5.88. The number of aryl methyl sites for hydroxylation is 1. The van der Waals surface area contributed by atoms with Gasteiger partial charge in [0.2, 0.25) is 0 Å². The van der Waals surface area contributed by atoms with Gasteiger partial charge in [0, 0.05) is 35.5 Å². The van der Waals surface area contributed by atoms with Gasteiger partial charge in [-0.1, -0.05) is 11.6 Å². The normalized spacial score (nSPS) is 10.7. The molecule has 3 rings (SSSR count). The van der Waals surface area contributed by atoms with Gasteiger partial charge in [0.15, 0.2) is 5.82 Å². The van der Waals surface area contributed by atoms with Gasteiger partial charge in [0.1, 0.15) is 5.82 Å². The molecule has 0 radical (unpaired) electrons. The summed E-state index contributed by atoms with van der Waals surface area (Å²) >= 11 is 5.88. The number of hydrogen-bond donors (Lipinski definition) is 1. The molecule has 0 aliphatic heterocycles. The van der Waals surface area contributed by atoms with Crippen LogP contribution in [0, 0.1) is 0 Å². The average Bonchev–Trinajstić information content (AvgIpc) is 2.85. The Kier molecular flexibility index (Phi) is 3.12. The molecule has 0 spiro atoms. The van der Waals surface area contributed by atoms with Crippen LogP contribution in [0.5, 0.6) is 0 Å². The second-order valence-corrected chi connectivity index (χ2v) is 4.85. The molecule has 6 heteroatoms. The summed E-state index contributed by atoms with van der Waals surface area (Å²) in [7, 11) is 1.86. The first-order valence-corrected chi connectivity index (χ1v) is 6.39. The zero-order valence-corrected chi connectivity index (χ0v) is 11.5. The van der Waals surface area contributed by atoms with Crippen LogP contribution in [-0.2, 0) is 7.05 Å². The van der Waals surface area contributed by atoms with Crippen molar-refractivity contribution in [3.05, 3.63) is 47.7 Å². The van der Waals surface area contributed by atoms with Crippen molar-refractivity contribution in [3.63, 3.8) is 0 Å². The van der Waals surface area contributed by atoms with Crippen LogP contribution in [0.4, 0.5) is 5.82 Å². The van der Waals surface area contributed by atoms with Gasteiger partial charge in [-0.05, 0) is 24.3 Å². The highest BCUT2D eigenvalue weighted by Crippen LogP contribution is 2.23. The van der Waals surface area contributed by atoms with E-state index in [4.69, 9.17) is 17.3 Å². The van der Waals surface area contributed by atoms with E-state index in [1.54, 1.807) is 29.1 Å². The van der Waals surface area contributed by atoms with Crippen LogP contribution in [-0.4, -0.2) is 19.7 Å². The molecule has 0 bridgehead atoms. The Morgan fingerprint density at radius 2 is 1.85 bits per heavy atom. The van der Waals surface area contributed by atoms with Crippen molar-refractivity contribution in [2.45, 2.75) is 0 Å². The molecule has 2 N–H and O–H groups in total. The molecule has 0 aliphatic rings. The fraction of sp³-hybridized carbons (Fsp3) is 0.0714. The van der Waals surface area contributed by atoms with Crippen molar-refractivity contribution in [3.8, 4) is 22.6 Å². The minimum Gasteiger partial charge on any atom is -0.384 e. The largest absolute Gasteiger partial charge is 0.384 e. The molecule has 1 aromatic carbocycles. The van der Waals surface area contributed by atoms with E-state index in [1.807, 2.05) is 25.4 Å². The third-order valence-electron chi connectivity index (χ3n) is 2.85. The van der Waals surface area contributed by atoms with E-state index in [0.717, 1.165) is 16.8 Å². The highest BCUT2D eigenvalue weighted by Gasteiger charge is 2.08. The topological polar surface area (TPSA) is 69.6 Å². The molecule has 0 aliphatic carbocycles. The molecule has 2 heterocycles. The smallest absolute Gasteiger partial charge is 0.162 e. The van der Waals surface area contributed by atoms with Crippen LogP contribution in [0.25, 0.3) is 22.6 Å². The quantitative estimate of drug-likeness (QED) is 0.786. The number of nitrogens with two attached hydrogens (primary N) is 1. The third-order valence-corrected chi connectivity index (χ3v) is 3.10. The van der Waals surface area contributed by atoms with Crippen molar-refractivity contribution in [2.24, 2.45) is 7.05 Å². The van der Waals surface area contributed by atoms with Crippen molar-refractivity contribution in [1.82, 2.24) is 19.7 Å². The first kappa shape index (κ1) is 12.6. The lowest BCUT2D eigenvalue weighted by Gasteiger charge is -2.04. The Labute approximate surface area is 121 Å². The molecule has 0 amide bonds. The van der Waals surface area contributed by atoms with E-state index >= 15 is 0 Å². The summed E-state index contributed by atoms with van der Waals surface area (Å²) in [5.41, 5.74) is 8.38. The number of anilines is 1. The molecule has 3 aromatic rings. The van der Waals surface area contributed by atoms with Crippen molar-refractivity contribution in [1.29, 1.82) is 0 Å². The lowest BCUT2D eigenvalue weighted by atomic mass is 10.2. The van der Waals surface area contributed by atoms with Gasteiger partial charge in [0.05, 0.1) is 11.9 Å². The molecule has 0 unspecified atom stereocenters. The number of nitrogen functional groups attached to an aromatic ring is 1. The first-order valence-electron chi connectivity index (χ1n) is 6.01. The first-order chi connectivity index (χ1) is 9.61. The van der Waals surface area contributed by atoms with Crippen LogP contribution >= 0.6 is 11.6 Å². The Morgan fingerprint density at radius 1 is 1.10 bits per heavy atom. The number of aromatic nitrogens is 4. The van der Waals surface area contributed by atoms with E-state index in [2.05, 4.69) is 15.1 Å².